The highest BCUT2D eigenvalue weighted by Gasteiger charge is 2.31. The summed E-state index contributed by atoms with van der Waals surface area (Å²) in [6.07, 6.45) is -3.07. The maximum Gasteiger partial charge on any atom is 0.416 e. The average molecular weight is 504 g/mol. The number of nitrogens with zero attached hydrogens (tertiary/aromatic N) is 4. The minimum atomic E-state index is -4.60. The Hall–Kier alpha value is -4.09. The first-order valence-corrected chi connectivity index (χ1v) is 11.1. The van der Waals surface area contributed by atoms with Crippen LogP contribution in [0.5, 0.6) is 11.5 Å². The molecule has 1 fully saturated rings. The Bertz CT molecular complexity index is 1410. The Balaban J connectivity index is 1.89. The number of alkyl halides is 3. The van der Waals surface area contributed by atoms with Gasteiger partial charge in [-0.3, -0.25) is 14.2 Å². The first-order chi connectivity index (χ1) is 17.1. The molecule has 0 radical (unpaired) electrons. The van der Waals surface area contributed by atoms with Gasteiger partial charge in [0.2, 0.25) is 5.69 Å². The van der Waals surface area contributed by atoms with Gasteiger partial charge in [0.1, 0.15) is 0 Å². The monoisotopic (exact) mass is 504 g/mol. The number of rotatable bonds is 6. The summed E-state index contributed by atoms with van der Waals surface area (Å²) in [6.45, 7) is 0.379. The summed E-state index contributed by atoms with van der Waals surface area (Å²) in [5, 5.41) is 4.08. The van der Waals surface area contributed by atoms with Gasteiger partial charge in [-0.15, -0.1) is 0 Å². The summed E-state index contributed by atoms with van der Waals surface area (Å²) in [5.74, 6) is -0.00350. The van der Waals surface area contributed by atoms with Gasteiger partial charge in [-0.25, -0.2) is 4.79 Å². The van der Waals surface area contributed by atoms with Crippen molar-refractivity contribution in [1.29, 1.82) is 0 Å². The van der Waals surface area contributed by atoms with Crippen LogP contribution in [0.3, 0.4) is 0 Å². The van der Waals surface area contributed by atoms with Crippen LogP contribution in [0, 0.1) is 0 Å². The second-order valence-corrected chi connectivity index (χ2v) is 8.17. The van der Waals surface area contributed by atoms with Crippen LogP contribution < -0.4 is 20.7 Å². The van der Waals surface area contributed by atoms with E-state index in [2.05, 4.69) is 5.10 Å². The fourth-order valence-corrected chi connectivity index (χ4v) is 4.01. The van der Waals surface area contributed by atoms with Crippen molar-refractivity contribution in [2.45, 2.75) is 25.6 Å². The smallest absolute Gasteiger partial charge is 0.416 e. The highest BCUT2D eigenvalue weighted by Crippen LogP contribution is 2.30. The van der Waals surface area contributed by atoms with Crippen LogP contribution >= 0.6 is 0 Å². The van der Waals surface area contributed by atoms with Crippen LogP contribution in [0.15, 0.2) is 52.1 Å². The van der Waals surface area contributed by atoms with Gasteiger partial charge < -0.3 is 14.4 Å². The number of hydrogen-bond donors (Lipinski definition) is 0. The Morgan fingerprint density at radius 2 is 1.69 bits per heavy atom. The van der Waals surface area contributed by atoms with E-state index < -0.39 is 41.1 Å². The lowest BCUT2D eigenvalue weighted by Crippen LogP contribution is -2.46. The SMILES string of the molecule is COc1ccc(-n2nc(C(=O)N3CCCC3)c(=O)n(Cc3cccc(C(F)(F)F)c3)c2=O)cc1OC. The van der Waals surface area contributed by atoms with E-state index in [4.69, 9.17) is 9.47 Å². The zero-order chi connectivity index (χ0) is 26.0. The van der Waals surface area contributed by atoms with Crippen molar-refractivity contribution in [3.8, 4) is 17.2 Å². The molecule has 0 aliphatic carbocycles. The molecule has 9 nitrogen and oxygen atoms in total. The van der Waals surface area contributed by atoms with Gasteiger partial charge in [-0.2, -0.15) is 23.0 Å². The molecule has 1 aliphatic rings. The van der Waals surface area contributed by atoms with E-state index in [1.54, 1.807) is 0 Å². The predicted octanol–water partition coefficient (Wildman–Crippen LogP) is 2.71. The van der Waals surface area contributed by atoms with E-state index in [0.29, 0.717) is 23.4 Å². The van der Waals surface area contributed by atoms with Crippen molar-refractivity contribution >= 4 is 5.91 Å². The quantitative estimate of drug-likeness (QED) is 0.512. The lowest BCUT2D eigenvalue weighted by atomic mass is 10.1. The van der Waals surface area contributed by atoms with Crippen molar-refractivity contribution < 1.29 is 27.4 Å². The third-order valence-corrected chi connectivity index (χ3v) is 5.86. The lowest BCUT2D eigenvalue weighted by molar-refractivity contribution is -0.137. The molecule has 0 spiro atoms. The van der Waals surface area contributed by atoms with Gasteiger partial charge >= 0.3 is 11.9 Å². The van der Waals surface area contributed by atoms with Gasteiger partial charge in [0.15, 0.2) is 11.5 Å². The maximum absolute atomic E-state index is 13.4. The standard InChI is InChI=1S/C24H23F3N4O5/c1-35-18-9-8-17(13-19(18)36-2)31-23(34)30(14-15-6-5-7-16(12-15)24(25,26)27)22(33)20(28-31)21(32)29-10-3-4-11-29/h5-9,12-13H,3-4,10-11,14H2,1-2H3. The summed E-state index contributed by atoms with van der Waals surface area (Å²) in [4.78, 5) is 41.2. The fourth-order valence-electron chi connectivity index (χ4n) is 4.01. The number of aromatic nitrogens is 3. The van der Waals surface area contributed by atoms with Crippen LogP contribution in [0.4, 0.5) is 13.2 Å². The number of amides is 1. The first kappa shape index (κ1) is 25.0. The molecule has 1 saturated heterocycles. The molecule has 4 rings (SSSR count). The van der Waals surface area contributed by atoms with Crippen molar-refractivity contribution in [1.82, 2.24) is 19.2 Å². The third-order valence-electron chi connectivity index (χ3n) is 5.86. The normalized spacial score (nSPS) is 13.6. The minimum Gasteiger partial charge on any atom is -0.493 e. The average Bonchev–Trinajstić information content (AvgIpc) is 3.41. The van der Waals surface area contributed by atoms with Crippen molar-refractivity contribution in [2.24, 2.45) is 0 Å². The van der Waals surface area contributed by atoms with Crippen LogP contribution in [0.1, 0.15) is 34.5 Å². The molecule has 0 unspecified atom stereocenters. The van der Waals surface area contributed by atoms with Crippen LogP contribution in [-0.4, -0.2) is 52.5 Å². The largest absolute Gasteiger partial charge is 0.493 e. The predicted molar refractivity (Wildman–Crippen MR) is 123 cm³/mol. The van der Waals surface area contributed by atoms with Crippen LogP contribution in [0.2, 0.25) is 0 Å². The molecule has 0 N–H and O–H groups in total. The van der Waals surface area contributed by atoms with Crippen LogP contribution in [-0.2, 0) is 12.7 Å². The van der Waals surface area contributed by atoms with E-state index >= 15 is 0 Å². The second-order valence-electron chi connectivity index (χ2n) is 8.17. The molecule has 0 bridgehead atoms. The first-order valence-electron chi connectivity index (χ1n) is 11.1. The summed E-state index contributed by atoms with van der Waals surface area (Å²) in [7, 11) is 2.83. The van der Waals surface area contributed by atoms with E-state index in [1.165, 1.54) is 49.5 Å². The summed E-state index contributed by atoms with van der Waals surface area (Å²) in [5.41, 5.74) is -3.10. The van der Waals surface area contributed by atoms with Crippen molar-refractivity contribution in [2.75, 3.05) is 27.3 Å². The highest BCUT2D eigenvalue weighted by atomic mass is 19.4. The van der Waals surface area contributed by atoms with Gasteiger partial charge in [0.05, 0.1) is 32.0 Å². The molecule has 2 aromatic carbocycles. The number of carbonyl (C=O) groups is 1. The lowest BCUT2D eigenvalue weighted by Gasteiger charge is -2.17. The van der Waals surface area contributed by atoms with Gasteiger partial charge in [0.25, 0.3) is 11.5 Å². The zero-order valence-corrected chi connectivity index (χ0v) is 19.5. The third kappa shape index (κ3) is 4.83. The molecule has 36 heavy (non-hydrogen) atoms. The van der Waals surface area contributed by atoms with E-state index in [9.17, 15) is 27.6 Å². The number of hydrogen-bond acceptors (Lipinski definition) is 6. The Morgan fingerprint density at radius 1 is 1.00 bits per heavy atom. The number of halogens is 3. The molecule has 0 atom stereocenters. The fraction of sp³-hybridized carbons (Fsp3) is 0.333. The topological polar surface area (TPSA) is 95.7 Å². The Kier molecular flexibility index (Phi) is 6.86. The molecule has 3 aromatic rings. The number of ether oxygens (including phenoxy) is 2. The molecule has 1 amide bonds. The molecule has 1 aliphatic heterocycles. The molecule has 1 aromatic heterocycles. The molecule has 12 heteroatoms. The van der Waals surface area contributed by atoms with Crippen molar-refractivity contribution in [3.05, 3.63) is 80.1 Å². The Morgan fingerprint density at radius 3 is 2.33 bits per heavy atom. The molecule has 190 valence electrons. The van der Waals surface area contributed by atoms with Gasteiger partial charge in [-0.1, -0.05) is 12.1 Å². The Labute approximate surface area is 203 Å². The van der Waals surface area contributed by atoms with Gasteiger partial charge in [-0.05, 0) is 42.7 Å². The number of benzene rings is 2. The number of methoxy groups -OCH3 is 2. The van der Waals surface area contributed by atoms with E-state index in [-0.39, 0.29) is 17.0 Å². The van der Waals surface area contributed by atoms with E-state index in [1.807, 2.05) is 0 Å². The minimum absolute atomic E-state index is 0.0636. The second kappa shape index (κ2) is 9.88. The highest BCUT2D eigenvalue weighted by molar-refractivity contribution is 5.92. The summed E-state index contributed by atoms with van der Waals surface area (Å²) in [6, 6.07) is 8.75. The number of carbonyl (C=O) groups excluding carboxylic acids is 1. The van der Waals surface area contributed by atoms with Gasteiger partial charge in [0, 0.05) is 19.2 Å². The number of likely N-dealkylation sites (tertiary alicyclic amines) is 1. The zero-order valence-electron chi connectivity index (χ0n) is 19.5. The maximum atomic E-state index is 13.4. The summed E-state index contributed by atoms with van der Waals surface area (Å²) < 4.78 is 51.7. The molecular formula is C24H23F3N4O5. The van der Waals surface area contributed by atoms with E-state index in [0.717, 1.165) is 29.7 Å². The van der Waals surface area contributed by atoms with Crippen molar-refractivity contribution in [3.63, 3.8) is 0 Å². The molecular weight excluding hydrogens is 481 g/mol. The summed E-state index contributed by atoms with van der Waals surface area (Å²) >= 11 is 0. The molecule has 2 heterocycles. The van der Waals surface area contributed by atoms with Crippen LogP contribution in [0.25, 0.3) is 5.69 Å². The molecule has 0 saturated carbocycles.